The lowest BCUT2D eigenvalue weighted by Gasteiger charge is -2.26. The molecule has 0 radical (unpaired) electrons. The Morgan fingerprint density at radius 1 is 1.24 bits per heavy atom. The van der Waals surface area contributed by atoms with E-state index in [9.17, 15) is 5.11 Å². The summed E-state index contributed by atoms with van der Waals surface area (Å²) in [5.41, 5.74) is 0.634. The maximum Gasteiger partial charge on any atom is 0.200 e. The number of aliphatic hydroxyl groups is 1. The van der Waals surface area contributed by atoms with Crippen molar-refractivity contribution in [2.45, 2.75) is 37.8 Å². The molecule has 0 saturated heterocycles. The molecule has 2 aromatic heterocycles. The summed E-state index contributed by atoms with van der Waals surface area (Å²) < 4.78 is 1.40. The van der Waals surface area contributed by atoms with Crippen LogP contribution in [0.5, 0.6) is 0 Å². The zero-order valence-electron chi connectivity index (χ0n) is 9.32. The Kier molecular flexibility index (Phi) is 2.60. The van der Waals surface area contributed by atoms with E-state index < -0.39 is 0 Å². The van der Waals surface area contributed by atoms with Crippen LogP contribution in [0.1, 0.15) is 25.7 Å². The smallest absolute Gasteiger partial charge is 0.200 e. The summed E-state index contributed by atoms with van der Waals surface area (Å²) in [6.45, 7) is 0. The number of tetrazole rings is 1. The number of hydrogen-bond acceptors (Lipinski definition) is 6. The molecule has 0 bridgehead atoms. The van der Waals surface area contributed by atoms with Gasteiger partial charge in [-0.2, -0.15) is 0 Å². The van der Waals surface area contributed by atoms with Gasteiger partial charge in [-0.05, 0) is 48.2 Å². The summed E-state index contributed by atoms with van der Waals surface area (Å²) in [6.07, 6.45) is 3.51. The second kappa shape index (κ2) is 4.25. The summed E-state index contributed by atoms with van der Waals surface area (Å²) in [7, 11) is 0. The average molecular weight is 234 g/mol. The highest BCUT2D eigenvalue weighted by atomic mass is 16.3. The van der Waals surface area contributed by atoms with Crippen LogP contribution < -0.4 is 5.32 Å². The van der Waals surface area contributed by atoms with Gasteiger partial charge in [-0.25, -0.2) is 0 Å². The molecule has 7 heteroatoms. The van der Waals surface area contributed by atoms with Crippen molar-refractivity contribution in [3.63, 3.8) is 0 Å². The van der Waals surface area contributed by atoms with Crippen LogP contribution in [0.3, 0.4) is 0 Å². The first-order chi connectivity index (χ1) is 8.31. The predicted octanol–water partition coefficient (Wildman–Crippen LogP) is 0.235. The topological polar surface area (TPSA) is 88.2 Å². The first-order valence-corrected chi connectivity index (χ1v) is 5.81. The second-order valence-corrected chi connectivity index (χ2v) is 4.39. The third-order valence-electron chi connectivity index (χ3n) is 3.12. The van der Waals surface area contributed by atoms with Gasteiger partial charge < -0.3 is 10.4 Å². The molecule has 2 aromatic rings. The minimum Gasteiger partial charge on any atom is -0.393 e. The summed E-state index contributed by atoms with van der Waals surface area (Å²) >= 11 is 0. The van der Waals surface area contributed by atoms with Crippen molar-refractivity contribution < 1.29 is 5.11 Å². The first-order valence-electron chi connectivity index (χ1n) is 5.81. The van der Waals surface area contributed by atoms with Crippen molar-refractivity contribution in [1.29, 1.82) is 0 Å². The molecular weight excluding hydrogens is 220 g/mol. The predicted molar refractivity (Wildman–Crippen MR) is 60.5 cm³/mol. The second-order valence-electron chi connectivity index (χ2n) is 4.39. The fourth-order valence-electron chi connectivity index (χ4n) is 2.16. The molecule has 3 rings (SSSR count). The molecule has 7 nitrogen and oxygen atoms in total. The van der Waals surface area contributed by atoms with Crippen molar-refractivity contribution in [1.82, 2.24) is 25.3 Å². The van der Waals surface area contributed by atoms with Crippen LogP contribution in [-0.2, 0) is 0 Å². The van der Waals surface area contributed by atoms with Gasteiger partial charge in [0.15, 0.2) is 5.65 Å². The minimum atomic E-state index is -0.136. The number of anilines is 1. The Morgan fingerprint density at radius 3 is 2.88 bits per heavy atom. The number of fused-ring (bicyclic) bond motifs is 1. The SMILES string of the molecule is OC1CCC(Nc2ccc3nnnn3n2)CC1. The van der Waals surface area contributed by atoms with Gasteiger partial charge in [0.25, 0.3) is 0 Å². The highest BCUT2D eigenvalue weighted by molar-refractivity contribution is 5.42. The summed E-state index contributed by atoms with van der Waals surface area (Å²) in [4.78, 5) is 0. The molecule has 2 N–H and O–H groups in total. The molecule has 90 valence electrons. The van der Waals surface area contributed by atoms with Gasteiger partial charge in [-0.3, -0.25) is 0 Å². The monoisotopic (exact) mass is 234 g/mol. The molecule has 0 atom stereocenters. The number of aliphatic hydroxyl groups excluding tert-OH is 1. The Balaban J connectivity index is 1.71. The van der Waals surface area contributed by atoms with Crippen LogP contribution in [0.4, 0.5) is 5.82 Å². The number of nitrogens with zero attached hydrogens (tertiary/aromatic N) is 5. The molecule has 17 heavy (non-hydrogen) atoms. The molecule has 2 heterocycles. The highest BCUT2D eigenvalue weighted by Crippen LogP contribution is 2.21. The molecule has 0 unspecified atom stereocenters. The Bertz CT molecular complexity index is 504. The Hall–Kier alpha value is -1.76. The van der Waals surface area contributed by atoms with Crippen LogP contribution in [0.2, 0.25) is 0 Å². The molecule has 1 aliphatic carbocycles. The van der Waals surface area contributed by atoms with Crippen molar-refractivity contribution in [2.24, 2.45) is 0 Å². The van der Waals surface area contributed by atoms with E-state index in [1.54, 1.807) is 0 Å². The van der Waals surface area contributed by atoms with E-state index in [-0.39, 0.29) is 6.10 Å². The summed E-state index contributed by atoms with van der Waals surface area (Å²) in [6, 6.07) is 4.07. The van der Waals surface area contributed by atoms with Gasteiger partial charge in [0.1, 0.15) is 5.82 Å². The number of nitrogens with one attached hydrogen (secondary N) is 1. The van der Waals surface area contributed by atoms with Crippen LogP contribution >= 0.6 is 0 Å². The van der Waals surface area contributed by atoms with Crippen LogP contribution in [-0.4, -0.2) is 42.5 Å². The van der Waals surface area contributed by atoms with E-state index in [0.717, 1.165) is 31.5 Å². The van der Waals surface area contributed by atoms with Crippen molar-refractivity contribution in [3.05, 3.63) is 12.1 Å². The third kappa shape index (κ3) is 2.19. The average Bonchev–Trinajstić information content (AvgIpc) is 2.79. The van der Waals surface area contributed by atoms with Gasteiger partial charge >= 0.3 is 0 Å². The lowest BCUT2D eigenvalue weighted by molar-refractivity contribution is 0.126. The Labute approximate surface area is 97.8 Å². The van der Waals surface area contributed by atoms with E-state index in [0.29, 0.717) is 11.7 Å². The molecule has 0 aliphatic heterocycles. The first kappa shape index (κ1) is 10.4. The molecule has 1 aliphatic rings. The fourth-order valence-corrected chi connectivity index (χ4v) is 2.16. The maximum atomic E-state index is 9.43. The number of aromatic nitrogens is 5. The molecule has 0 aromatic carbocycles. The molecule has 1 saturated carbocycles. The van der Waals surface area contributed by atoms with Crippen molar-refractivity contribution in [3.8, 4) is 0 Å². The maximum absolute atomic E-state index is 9.43. The van der Waals surface area contributed by atoms with Gasteiger partial charge in [-0.1, -0.05) is 0 Å². The standard InChI is InChI=1S/C10H14N6O/c17-8-3-1-7(2-4-8)11-9-5-6-10-12-14-15-16(10)13-9/h5-8,17H,1-4H2,(H,11,13). The zero-order valence-corrected chi connectivity index (χ0v) is 9.32. The zero-order chi connectivity index (χ0) is 11.7. The molecule has 1 fully saturated rings. The van der Waals surface area contributed by atoms with E-state index in [1.807, 2.05) is 12.1 Å². The normalized spacial score (nSPS) is 25.0. The lowest BCUT2D eigenvalue weighted by Crippen LogP contribution is -2.28. The van der Waals surface area contributed by atoms with Crippen LogP contribution in [0, 0.1) is 0 Å². The largest absolute Gasteiger partial charge is 0.393 e. The summed E-state index contributed by atoms with van der Waals surface area (Å²) in [5, 5.41) is 28.1. The molecular formula is C10H14N6O. The van der Waals surface area contributed by atoms with Crippen molar-refractivity contribution >= 4 is 11.5 Å². The minimum absolute atomic E-state index is 0.136. The number of rotatable bonds is 2. The fraction of sp³-hybridized carbons (Fsp3) is 0.600. The molecule has 0 amide bonds. The van der Waals surface area contributed by atoms with Gasteiger partial charge in [0, 0.05) is 6.04 Å². The quantitative estimate of drug-likeness (QED) is 0.773. The summed E-state index contributed by atoms with van der Waals surface area (Å²) in [5.74, 6) is 0.770. The van der Waals surface area contributed by atoms with E-state index in [4.69, 9.17) is 0 Å². The van der Waals surface area contributed by atoms with Crippen LogP contribution in [0.25, 0.3) is 5.65 Å². The van der Waals surface area contributed by atoms with E-state index in [2.05, 4.69) is 25.9 Å². The highest BCUT2D eigenvalue weighted by Gasteiger charge is 2.19. The van der Waals surface area contributed by atoms with Gasteiger partial charge in [0.05, 0.1) is 6.10 Å². The number of hydrogen-bond donors (Lipinski definition) is 2. The van der Waals surface area contributed by atoms with E-state index >= 15 is 0 Å². The van der Waals surface area contributed by atoms with E-state index in [1.165, 1.54) is 4.63 Å². The Morgan fingerprint density at radius 2 is 2.06 bits per heavy atom. The van der Waals surface area contributed by atoms with Gasteiger partial charge in [0.2, 0.25) is 0 Å². The van der Waals surface area contributed by atoms with Crippen molar-refractivity contribution in [2.75, 3.05) is 5.32 Å². The van der Waals surface area contributed by atoms with Crippen LogP contribution in [0.15, 0.2) is 12.1 Å². The third-order valence-corrected chi connectivity index (χ3v) is 3.12. The lowest BCUT2D eigenvalue weighted by atomic mass is 9.93. The molecule has 0 spiro atoms. The van der Waals surface area contributed by atoms with Gasteiger partial charge in [-0.15, -0.1) is 14.8 Å².